The van der Waals surface area contributed by atoms with Crippen LogP contribution in [0.25, 0.3) is 83.1 Å². The normalized spacial score (nSPS) is 12.6. The van der Waals surface area contributed by atoms with Gasteiger partial charge >= 0.3 is 0 Å². The topological polar surface area (TPSA) is 8.17 Å². The summed E-state index contributed by atoms with van der Waals surface area (Å²) in [5, 5.41) is 2.53. The van der Waals surface area contributed by atoms with Gasteiger partial charge in [-0.1, -0.05) is 166 Å². The van der Waals surface area contributed by atoms with Crippen molar-refractivity contribution in [3.8, 4) is 61.3 Å². The van der Waals surface area contributed by atoms with E-state index in [0.29, 0.717) is 0 Å². The summed E-state index contributed by atoms with van der Waals surface area (Å²) in [6, 6.07) is 88.7. The second kappa shape index (κ2) is 15.6. The zero-order chi connectivity index (χ0) is 43.5. The summed E-state index contributed by atoms with van der Waals surface area (Å²) in [6.45, 7) is 4.77. The minimum Gasteiger partial charge on any atom is -0.310 e. The minimum atomic E-state index is -0.212. The number of hydrogen-bond donors (Lipinski definition) is 0. The first-order valence-corrected chi connectivity index (χ1v) is 22.6. The average molecular weight is 831 g/mol. The summed E-state index contributed by atoms with van der Waals surface area (Å²) in [6.07, 6.45) is 0. The van der Waals surface area contributed by atoms with Crippen molar-refractivity contribution in [2.24, 2.45) is 0 Å². The summed E-state index contributed by atoms with van der Waals surface area (Å²) >= 11 is 0. The molecule has 1 aliphatic carbocycles. The maximum absolute atomic E-state index is 2.44. The molecule has 0 saturated carbocycles. The van der Waals surface area contributed by atoms with Crippen molar-refractivity contribution in [3.05, 3.63) is 254 Å². The summed E-state index contributed by atoms with van der Waals surface area (Å²) in [5.41, 5.74) is 21.8. The van der Waals surface area contributed by atoms with Crippen molar-refractivity contribution in [1.82, 2.24) is 4.57 Å². The van der Waals surface area contributed by atoms with E-state index in [4.69, 9.17) is 0 Å². The van der Waals surface area contributed by atoms with E-state index in [0.717, 1.165) is 17.1 Å². The summed E-state index contributed by atoms with van der Waals surface area (Å²) < 4.78 is 2.38. The van der Waals surface area contributed by atoms with E-state index in [9.17, 15) is 0 Å². The molecule has 1 heterocycles. The van der Waals surface area contributed by atoms with Crippen LogP contribution in [-0.4, -0.2) is 4.57 Å². The first-order valence-electron chi connectivity index (χ1n) is 22.6. The first-order chi connectivity index (χ1) is 32.0. The number of hydrogen-bond acceptors (Lipinski definition) is 1. The number of benzene rings is 10. The molecule has 0 fully saturated rings. The number of nitrogens with zero attached hydrogens (tertiary/aromatic N) is 2. The lowest BCUT2D eigenvalue weighted by Crippen LogP contribution is -2.16. The van der Waals surface area contributed by atoms with Gasteiger partial charge in [-0.3, -0.25) is 0 Å². The van der Waals surface area contributed by atoms with E-state index < -0.39 is 0 Å². The average Bonchev–Trinajstić information content (AvgIpc) is 3.82. The lowest BCUT2D eigenvalue weighted by Gasteiger charge is -2.28. The van der Waals surface area contributed by atoms with Crippen LogP contribution >= 0.6 is 0 Å². The van der Waals surface area contributed by atoms with Gasteiger partial charge in [0.1, 0.15) is 0 Å². The van der Waals surface area contributed by atoms with E-state index in [-0.39, 0.29) is 5.41 Å². The molecule has 0 unspecified atom stereocenters. The third-order valence-corrected chi connectivity index (χ3v) is 13.6. The molecule has 10 aromatic carbocycles. The number of aromatic nitrogens is 1. The molecule has 1 aliphatic rings. The fourth-order valence-corrected chi connectivity index (χ4v) is 10.3. The van der Waals surface area contributed by atoms with Crippen LogP contribution in [0.15, 0.2) is 243 Å². The summed E-state index contributed by atoms with van der Waals surface area (Å²) in [4.78, 5) is 2.39. The largest absolute Gasteiger partial charge is 0.310 e. The standard InChI is InChI=1S/C63H46N2/c1-63(2)59-41-47(46-30-36-62-58(40-46)57-25-15-16-26-61(57)65(62)52-23-13-6-14-24-52)29-34-55(59)56-35-33-54(42-60(56)63)64(51-21-11-5-12-22-51)53-31-27-45(28-32-53)50-38-48(43-17-7-3-8-18-43)37-49(39-50)44-19-9-4-10-20-44/h3-42H,1-2H3. The first kappa shape index (κ1) is 38.5. The van der Waals surface area contributed by atoms with Gasteiger partial charge in [0.05, 0.1) is 11.0 Å². The Bertz CT molecular complexity index is 3470. The molecule has 0 spiro atoms. The Morgan fingerprint density at radius 2 is 0.754 bits per heavy atom. The van der Waals surface area contributed by atoms with Gasteiger partial charge in [0.2, 0.25) is 0 Å². The lowest BCUT2D eigenvalue weighted by molar-refractivity contribution is 0.660. The molecule has 0 amide bonds. The Labute approximate surface area is 381 Å². The highest BCUT2D eigenvalue weighted by atomic mass is 15.1. The number of rotatable bonds is 8. The van der Waals surface area contributed by atoms with Crippen LogP contribution < -0.4 is 4.90 Å². The molecular weight excluding hydrogens is 785 g/mol. The van der Waals surface area contributed by atoms with Gasteiger partial charge < -0.3 is 9.47 Å². The van der Waals surface area contributed by atoms with E-state index in [2.05, 4.69) is 266 Å². The van der Waals surface area contributed by atoms with Crippen molar-refractivity contribution >= 4 is 38.9 Å². The zero-order valence-electron chi connectivity index (χ0n) is 36.5. The van der Waals surface area contributed by atoms with Gasteiger partial charge in [-0.15, -0.1) is 0 Å². The molecule has 0 N–H and O–H groups in total. The fraction of sp³-hybridized carbons (Fsp3) is 0.0476. The highest BCUT2D eigenvalue weighted by molar-refractivity contribution is 6.10. The quantitative estimate of drug-likeness (QED) is 0.148. The van der Waals surface area contributed by atoms with Gasteiger partial charge in [-0.05, 0) is 158 Å². The lowest BCUT2D eigenvalue weighted by atomic mass is 9.81. The smallest absolute Gasteiger partial charge is 0.0541 e. The number of anilines is 3. The van der Waals surface area contributed by atoms with Crippen LogP contribution in [0.4, 0.5) is 17.1 Å². The molecule has 308 valence electrons. The molecule has 12 rings (SSSR count). The molecule has 65 heavy (non-hydrogen) atoms. The monoisotopic (exact) mass is 830 g/mol. The van der Waals surface area contributed by atoms with Gasteiger partial charge in [-0.25, -0.2) is 0 Å². The van der Waals surface area contributed by atoms with E-state index >= 15 is 0 Å². The van der Waals surface area contributed by atoms with Gasteiger partial charge in [0, 0.05) is 38.9 Å². The maximum Gasteiger partial charge on any atom is 0.0541 e. The van der Waals surface area contributed by atoms with Crippen molar-refractivity contribution in [2.45, 2.75) is 19.3 Å². The third-order valence-electron chi connectivity index (χ3n) is 13.6. The van der Waals surface area contributed by atoms with Crippen LogP contribution in [0.1, 0.15) is 25.0 Å². The summed E-state index contributed by atoms with van der Waals surface area (Å²) in [5.74, 6) is 0. The molecule has 2 nitrogen and oxygen atoms in total. The van der Waals surface area contributed by atoms with Crippen molar-refractivity contribution in [1.29, 1.82) is 0 Å². The minimum absolute atomic E-state index is 0.212. The van der Waals surface area contributed by atoms with Crippen LogP contribution in [0.5, 0.6) is 0 Å². The molecule has 11 aromatic rings. The van der Waals surface area contributed by atoms with Crippen LogP contribution in [0, 0.1) is 0 Å². The molecule has 0 radical (unpaired) electrons. The van der Waals surface area contributed by atoms with Crippen LogP contribution in [0.2, 0.25) is 0 Å². The molecular formula is C63H46N2. The van der Waals surface area contributed by atoms with Gasteiger partial charge in [0.25, 0.3) is 0 Å². The third kappa shape index (κ3) is 6.65. The second-order valence-electron chi connectivity index (χ2n) is 17.8. The Hall–Kier alpha value is -8.20. The van der Waals surface area contributed by atoms with Crippen LogP contribution in [0.3, 0.4) is 0 Å². The Morgan fingerprint density at radius 1 is 0.308 bits per heavy atom. The maximum atomic E-state index is 2.44. The van der Waals surface area contributed by atoms with Gasteiger partial charge in [0.15, 0.2) is 0 Å². The van der Waals surface area contributed by atoms with E-state index in [1.54, 1.807) is 0 Å². The molecule has 0 atom stereocenters. The molecule has 2 heteroatoms. The second-order valence-corrected chi connectivity index (χ2v) is 17.8. The zero-order valence-corrected chi connectivity index (χ0v) is 36.5. The predicted octanol–water partition coefficient (Wildman–Crippen LogP) is 17.2. The molecule has 0 bridgehead atoms. The van der Waals surface area contributed by atoms with E-state index in [1.807, 2.05) is 0 Å². The summed E-state index contributed by atoms with van der Waals surface area (Å²) in [7, 11) is 0. The highest BCUT2D eigenvalue weighted by Gasteiger charge is 2.36. The Balaban J connectivity index is 0.905. The number of fused-ring (bicyclic) bond motifs is 6. The highest BCUT2D eigenvalue weighted by Crippen LogP contribution is 2.52. The Morgan fingerprint density at radius 3 is 1.40 bits per heavy atom. The van der Waals surface area contributed by atoms with Gasteiger partial charge in [-0.2, -0.15) is 0 Å². The van der Waals surface area contributed by atoms with Crippen LogP contribution in [-0.2, 0) is 5.41 Å². The van der Waals surface area contributed by atoms with Crippen molar-refractivity contribution in [3.63, 3.8) is 0 Å². The number of para-hydroxylation sites is 3. The van der Waals surface area contributed by atoms with Crippen molar-refractivity contribution < 1.29 is 0 Å². The molecule has 0 aliphatic heterocycles. The van der Waals surface area contributed by atoms with Crippen molar-refractivity contribution in [2.75, 3.05) is 4.90 Å². The Kier molecular flexibility index (Phi) is 9.21. The molecule has 0 saturated heterocycles. The van der Waals surface area contributed by atoms with E-state index in [1.165, 1.54) is 94.3 Å². The SMILES string of the molecule is CC1(C)c2cc(-c3ccc4c(c3)c3ccccc3n4-c3ccccc3)ccc2-c2ccc(N(c3ccccc3)c3ccc(-c4cc(-c5ccccc5)cc(-c5ccccc5)c4)cc3)cc21. The fourth-order valence-electron chi connectivity index (χ4n) is 10.3. The molecule has 1 aromatic heterocycles. The predicted molar refractivity (Wildman–Crippen MR) is 275 cm³/mol.